The standard InChI is InChI=1S/C25H36ClN5O2/c1-17(13-27)14-28-24(32)23-18(2)11-22(12-19(23)3)33-10-4-5-20-6-8-31(9-7-20)25-29-15-21(26)16-30-25/h11-12,15-17,20H,4-10,13-14,27H2,1-3H3,(H,28,32). The number of carbonyl (C=O) groups excluding carboxylic acids is 1. The highest BCUT2D eigenvalue weighted by atomic mass is 35.5. The molecule has 3 N–H and O–H groups in total. The number of amides is 1. The van der Waals surface area contributed by atoms with Crippen LogP contribution in [0.25, 0.3) is 0 Å². The number of carbonyl (C=O) groups is 1. The van der Waals surface area contributed by atoms with Crippen molar-refractivity contribution in [3.8, 4) is 5.75 Å². The van der Waals surface area contributed by atoms with Crippen LogP contribution in [0.4, 0.5) is 5.95 Å². The Morgan fingerprint density at radius 1 is 1.24 bits per heavy atom. The van der Waals surface area contributed by atoms with Crippen molar-refractivity contribution in [2.75, 3.05) is 37.7 Å². The minimum absolute atomic E-state index is 0.0489. The summed E-state index contributed by atoms with van der Waals surface area (Å²) < 4.78 is 6.02. The van der Waals surface area contributed by atoms with Crippen LogP contribution in [0.5, 0.6) is 5.75 Å². The van der Waals surface area contributed by atoms with Gasteiger partial charge in [0.1, 0.15) is 5.75 Å². The average Bonchev–Trinajstić information content (AvgIpc) is 2.81. The lowest BCUT2D eigenvalue weighted by Gasteiger charge is -2.32. The maximum atomic E-state index is 12.6. The highest BCUT2D eigenvalue weighted by Crippen LogP contribution is 2.26. The van der Waals surface area contributed by atoms with E-state index in [2.05, 4.69) is 20.2 Å². The first-order valence-electron chi connectivity index (χ1n) is 11.8. The van der Waals surface area contributed by atoms with Crippen molar-refractivity contribution < 1.29 is 9.53 Å². The molecule has 2 heterocycles. The number of hydrogen-bond donors (Lipinski definition) is 2. The van der Waals surface area contributed by atoms with Crippen molar-refractivity contribution in [1.82, 2.24) is 15.3 Å². The van der Waals surface area contributed by atoms with Gasteiger partial charge in [0.2, 0.25) is 5.95 Å². The molecule has 0 aliphatic carbocycles. The topological polar surface area (TPSA) is 93.4 Å². The summed E-state index contributed by atoms with van der Waals surface area (Å²) in [4.78, 5) is 23.4. The number of aryl methyl sites for hydroxylation is 2. The molecule has 1 atom stereocenters. The molecule has 33 heavy (non-hydrogen) atoms. The molecule has 1 fully saturated rings. The third kappa shape index (κ3) is 7.30. The molecule has 2 aromatic rings. The predicted molar refractivity (Wildman–Crippen MR) is 133 cm³/mol. The van der Waals surface area contributed by atoms with E-state index in [4.69, 9.17) is 22.1 Å². The van der Waals surface area contributed by atoms with E-state index in [1.54, 1.807) is 12.4 Å². The Hall–Kier alpha value is -2.38. The van der Waals surface area contributed by atoms with E-state index in [1.165, 1.54) is 0 Å². The maximum Gasteiger partial charge on any atom is 0.251 e. The number of hydrogen-bond acceptors (Lipinski definition) is 6. The monoisotopic (exact) mass is 473 g/mol. The number of benzene rings is 1. The summed E-state index contributed by atoms with van der Waals surface area (Å²) in [6.07, 6.45) is 7.73. The second-order valence-corrected chi connectivity index (χ2v) is 9.54. The summed E-state index contributed by atoms with van der Waals surface area (Å²) in [6.45, 7) is 9.70. The normalized spacial score (nSPS) is 15.4. The van der Waals surface area contributed by atoms with Crippen LogP contribution in [0.2, 0.25) is 5.02 Å². The zero-order valence-corrected chi connectivity index (χ0v) is 20.7. The molecule has 0 spiro atoms. The second-order valence-electron chi connectivity index (χ2n) is 9.11. The van der Waals surface area contributed by atoms with Gasteiger partial charge in [0.25, 0.3) is 5.91 Å². The van der Waals surface area contributed by atoms with Crippen LogP contribution in [0.1, 0.15) is 54.1 Å². The first-order chi connectivity index (χ1) is 15.9. The molecule has 1 aromatic heterocycles. The van der Waals surface area contributed by atoms with E-state index >= 15 is 0 Å². The van der Waals surface area contributed by atoms with Gasteiger partial charge in [-0.15, -0.1) is 0 Å². The van der Waals surface area contributed by atoms with Crippen LogP contribution in [0.15, 0.2) is 24.5 Å². The van der Waals surface area contributed by atoms with E-state index in [9.17, 15) is 4.79 Å². The SMILES string of the molecule is Cc1cc(OCCCC2CCN(c3ncc(Cl)cn3)CC2)cc(C)c1C(=O)NCC(C)CN. The van der Waals surface area contributed by atoms with Crippen molar-refractivity contribution in [1.29, 1.82) is 0 Å². The van der Waals surface area contributed by atoms with Gasteiger partial charge in [0.05, 0.1) is 24.0 Å². The Morgan fingerprint density at radius 2 is 1.88 bits per heavy atom. The molecule has 1 aliphatic rings. The Labute approximate surface area is 202 Å². The molecule has 8 heteroatoms. The van der Waals surface area contributed by atoms with Gasteiger partial charge in [-0.25, -0.2) is 9.97 Å². The Balaban J connectivity index is 1.41. The van der Waals surface area contributed by atoms with Crippen LogP contribution in [0.3, 0.4) is 0 Å². The number of anilines is 1. The van der Waals surface area contributed by atoms with Crippen molar-refractivity contribution in [3.63, 3.8) is 0 Å². The zero-order chi connectivity index (χ0) is 23.8. The van der Waals surface area contributed by atoms with Crippen molar-refractivity contribution in [3.05, 3.63) is 46.2 Å². The fourth-order valence-electron chi connectivity index (χ4n) is 4.26. The van der Waals surface area contributed by atoms with Crippen molar-refractivity contribution in [2.45, 2.75) is 46.5 Å². The highest BCUT2D eigenvalue weighted by molar-refractivity contribution is 6.30. The molecule has 3 rings (SSSR count). The molecule has 1 unspecified atom stereocenters. The molecule has 0 radical (unpaired) electrons. The lowest BCUT2D eigenvalue weighted by molar-refractivity contribution is 0.0947. The van der Waals surface area contributed by atoms with Gasteiger partial charge in [-0.3, -0.25) is 4.79 Å². The minimum atomic E-state index is -0.0489. The molecule has 1 aromatic carbocycles. The summed E-state index contributed by atoms with van der Waals surface area (Å²) in [6, 6.07) is 3.91. The Kier molecular flexibility index (Phi) is 9.32. The van der Waals surface area contributed by atoms with Crippen LogP contribution >= 0.6 is 11.6 Å². The molecule has 1 amide bonds. The number of piperidine rings is 1. The zero-order valence-electron chi connectivity index (χ0n) is 19.9. The first kappa shape index (κ1) is 25.2. The maximum absolute atomic E-state index is 12.6. The third-order valence-electron chi connectivity index (χ3n) is 6.28. The lowest BCUT2D eigenvalue weighted by Crippen LogP contribution is -2.34. The van der Waals surface area contributed by atoms with Crippen LogP contribution < -0.4 is 20.7 Å². The summed E-state index contributed by atoms with van der Waals surface area (Å²) in [5.41, 5.74) is 8.22. The summed E-state index contributed by atoms with van der Waals surface area (Å²) in [5.74, 6) is 2.49. The average molecular weight is 474 g/mol. The Bertz CT molecular complexity index is 891. The molecule has 1 aliphatic heterocycles. The minimum Gasteiger partial charge on any atom is -0.494 e. The molecule has 1 saturated heterocycles. The van der Waals surface area contributed by atoms with Gasteiger partial charge in [0.15, 0.2) is 0 Å². The van der Waals surface area contributed by atoms with E-state index in [1.807, 2.05) is 32.9 Å². The molecule has 0 saturated carbocycles. The van der Waals surface area contributed by atoms with Gasteiger partial charge in [-0.05, 0) is 81.2 Å². The van der Waals surface area contributed by atoms with Crippen LogP contribution in [-0.2, 0) is 0 Å². The Morgan fingerprint density at radius 3 is 2.48 bits per heavy atom. The number of halogens is 1. The molecule has 180 valence electrons. The van der Waals surface area contributed by atoms with Crippen LogP contribution in [-0.4, -0.2) is 48.7 Å². The number of nitrogens with zero attached hydrogens (tertiary/aromatic N) is 3. The van der Waals surface area contributed by atoms with Gasteiger partial charge >= 0.3 is 0 Å². The second kappa shape index (κ2) is 12.2. The highest BCUT2D eigenvalue weighted by Gasteiger charge is 2.21. The van der Waals surface area contributed by atoms with E-state index in [0.717, 1.165) is 67.2 Å². The summed E-state index contributed by atoms with van der Waals surface area (Å²) in [5, 5.41) is 3.54. The van der Waals surface area contributed by atoms with Gasteiger partial charge < -0.3 is 20.7 Å². The smallest absolute Gasteiger partial charge is 0.251 e. The summed E-state index contributed by atoms with van der Waals surface area (Å²) in [7, 11) is 0. The quantitative estimate of drug-likeness (QED) is 0.503. The van der Waals surface area contributed by atoms with Crippen LogP contribution in [0, 0.1) is 25.7 Å². The number of nitrogens with two attached hydrogens (primary N) is 1. The number of ether oxygens (including phenoxy) is 1. The fraction of sp³-hybridized carbons (Fsp3) is 0.560. The summed E-state index contributed by atoms with van der Waals surface area (Å²) >= 11 is 5.88. The van der Waals surface area contributed by atoms with Gasteiger partial charge in [0, 0.05) is 25.2 Å². The molecular formula is C25H36ClN5O2. The van der Waals surface area contributed by atoms with Crippen molar-refractivity contribution in [2.24, 2.45) is 17.6 Å². The lowest BCUT2D eigenvalue weighted by atomic mass is 9.92. The predicted octanol–water partition coefficient (Wildman–Crippen LogP) is 4.15. The first-order valence-corrected chi connectivity index (χ1v) is 12.2. The van der Waals surface area contributed by atoms with Crippen molar-refractivity contribution >= 4 is 23.5 Å². The van der Waals surface area contributed by atoms with Gasteiger partial charge in [-0.1, -0.05) is 18.5 Å². The van der Waals surface area contributed by atoms with E-state index in [0.29, 0.717) is 30.6 Å². The third-order valence-corrected chi connectivity index (χ3v) is 6.47. The van der Waals surface area contributed by atoms with E-state index in [-0.39, 0.29) is 11.8 Å². The molecule has 7 nitrogen and oxygen atoms in total. The largest absolute Gasteiger partial charge is 0.494 e. The molecule has 0 bridgehead atoms. The van der Waals surface area contributed by atoms with Gasteiger partial charge in [-0.2, -0.15) is 0 Å². The number of nitrogens with one attached hydrogen (secondary N) is 1. The molecular weight excluding hydrogens is 438 g/mol. The van der Waals surface area contributed by atoms with E-state index < -0.39 is 0 Å². The number of aromatic nitrogens is 2. The number of rotatable bonds is 10. The fourth-order valence-corrected chi connectivity index (χ4v) is 4.35.